The van der Waals surface area contributed by atoms with Gasteiger partial charge in [-0.1, -0.05) is 0 Å². The molecule has 0 amide bonds. The van der Waals surface area contributed by atoms with E-state index in [9.17, 15) is 0 Å². The minimum Gasteiger partial charge on any atom is -0.368 e. The number of nitrogen functional groups attached to an aromatic ring is 1. The topological polar surface area (TPSA) is 82.5 Å². The molecule has 2 aromatic heterocycles. The number of halogens is 1. The first-order valence-corrected chi connectivity index (χ1v) is 5.46. The average molecular weight is 253 g/mol. The monoisotopic (exact) mass is 252 g/mol. The Morgan fingerprint density at radius 3 is 2.47 bits per heavy atom. The minimum absolute atomic E-state index is 0.0796. The molecule has 0 radical (unpaired) electrons. The Kier molecular flexibility index (Phi) is 2.74. The molecule has 6 nitrogen and oxygen atoms in total. The molecule has 0 aromatic carbocycles. The van der Waals surface area contributed by atoms with E-state index >= 15 is 0 Å². The maximum Gasteiger partial charge on any atom is 0.227 e. The van der Waals surface area contributed by atoms with E-state index in [4.69, 9.17) is 17.3 Å². The highest BCUT2D eigenvalue weighted by Crippen LogP contribution is 2.20. The van der Waals surface area contributed by atoms with Crippen LogP contribution in [0, 0.1) is 0 Å². The number of anilines is 1. The average Bonchev–Trinajstić information content (AvgIpc) is 2.63. The molecule has 0 unspecified atom stereocenters. The summed E-state index contributed by atoms with van der Waals surface area (Å²) in [7, 11) is 0. The van der Waals surface area contributed by atoms with E-state index in [0.717, 1.165) is 5.56 Å². The molecule has 17 heavy (non-hydrogen) atoms. The van der Waals surface area contributed by atoms with Crippen molar-refractivity contribution < 1.29 is 0 Å². The van der Waals surface area contributed by atoms with Crippen LogP contribution in [0.15, 0.2) is 12.4 Å². The van der Waals surface area contributed by atoms with Crippen LogP contribution in [0.5, 0.6) is 0 Å². The summed E-state index contributed by atoms with van der Waals surface area (Å²) >= 11 is 5.73. The van der Waals surface area contributed by atoms with E-state index < -0.39 is 0 Å². The van der Waals surface area contributed by atoms with Crippen LogP contribution in [0.4, 0.5) is 5.95 Å². The van der Waals surface area contributed by atoms with Gasteiger partial charge in [0, 0.05) is 6.20 Å². The molecule has 0 bridgehead atoms. The number of nitrogens with two attached hydrogens (primary N) is 1. The fourth-order valence-corrected chi connectivity index (χ4v) is 1.47. The summed E-state index contributed by atoms with van der Waals surface area (Å²) in [4.78, 5) is 11.7. The molecule has 0 aliphatic carbocycles. The third-order valence-corrected chi connectivity index (χ3v) is 2.32. The molecule has 2 N–H and O–H groups in total. The fraction of sp³-hybridized carbons (Fsp3) is 0.400. The van der Waals surface area contributed by atoms with Crippen LogP contribution in [0.2, 0.25) is 5.28 Å². The molecule has 0 fully saturated rings. The van der Waals surface area contributed by atoms with Crippen LogP contribution in [0.1, 0.15) is 20.8 Å². The standard InChI is InChI=1S/C10H13ClN6/c1-10(2,3)17-5-6(4-13-17)7-14-8(11)16-9(12)15-7/h4-5H,1-3H3,(H2,12,14,15,16). The van der Waals surface area contributed by atoms with Gasteiger partial charge in [0.05, 0.1) is 17.3 Å². The predicted octanol–water partition coefficient (Wildman–Crippen LogP) is 1.73. The zero-order valence-corrected chi connectivity index (χ0v) is 10.6. The van der Waals surface area contributed by atoms with Crippen molar-refractivity contribution in [2.24, 2.45) is 0 Å². The molecule has 0 atom stereocenters. The van der Waals surface area contributed by atoms with Crippen LogP contribution in [0.3, 0.4) is 0 Å². The summed E-state index contributed by atoms with van der Waals surface area (Å²) in [5.41, 5.74) is 6.18. The maximum absolute atomic E-state index is 5.73. The van der Waals surface area contributed by atoms with E-state index in [1.807, 2.05) is 10.9 Å². The van der Waals surface area contributed by atoms with Gasteiger partial charge in [-0.15, -0.1) is 0 Å². The van der Waals surface area contributed by atoms with E-state index in [1.165, 1.54) is 0 Å². The highest BCUT2D eigenvalue weighted by atomic mass is 35.5. The van der Waals surface area contributed by atoms with Gasteiger partial charge in [0.15, 0.2) is 5.82 Å². The van der Waals surface area contributed by atoms with Gasteiger partial charge in [-0.25, -0.2) is 0 Å². The van der Waals surface area contributed by atoms with Crippen LogP contribution in [0.25, 0.3) is 11.4 Å². The Labute approximate surface area is 104 Å². The quantitative estimate of drug-likeness (QED) is 0.836. The third-order valence-electron chi connectivity index (χ3n) is 2.15. The molecule has 7 heteroatoms. The second-order valence-corrected chi connectivity index (χ2v) is 4.97. The Balaban J connectivity index is 2.44. The molecule has 0 spiro atoms. The highest BCUT2D eigenvalue weighted by Gasteiger charge is 2.16. The molecule has 2 rings (SSSR count). The van der Waals surface area contributed by atoms with E-state index in [1.54, 1.807) is 6.20 Å². The summed E-state index contributed by atoms with van der Waals surface area (Å²) in [5, 5.41) is 4.34. The molecular weight excluding hydrogens is 240 g/mol. The predicted molar refractivity (Wildman–Crippen MR) is 65.5 cm³/mol. The smallest absolute Gasteiger partial charge is 0.227 e. The first kappa shape index (κ1) is 11.8. The van der Waals surface area contributed by atoms with Crippen molar-refractivity contribution >= 4 is 17.5 Å². The molecule has 2 heterocycles. The first-order chi connectivity index (χ1) is 7.86. The summed E-state index contributed by atoms with van der Waals surface area (Å²) < 4.78 is 1.83. The second-order valence-electron chi connectivity index (χ2n) is 4.63. The number of rotatable bonds is 1. The van der Waals surface area contributed by atoms with E-state index in [0.29, 0.717) is 5.82 Å². The summed E-state index contributed by atoms with van der Waals surface area (Å²) in [5.74, 6) is 0.529. The molecular formula is C10H13ClN6. The van der Waals surface area contributed by atoms with Crippen molar-refractivity contribution in [3.05, 3.63) is 17.7 Å². The van der Waals surface area contributed by atoms with Gasteiger partial charge < -0.3 is 5.73 Å². The van der Waals surface area contributed by atoms with E-state index in [2.05, 4.69) is 40.8 Å². The number of aromatic nitrogens is 5. The Hall–Kier alpha value is -1.69. The Morgan fingerprint density at radius 1 is 1.24 bits per heavy atom. The molecule has 90 valence electrons. The molecule has 0 saturated carbocycles. The van der Waals surface area contributed by atoms with Gasteiger partial charge in [-0.2, -0.15) is 20.1 Å². The number of hydrogen-bond acceptors (Lipinski definition) is 5. The van der Waals surface area contributed by atoms with Crippen molar-refractivity contribution in [3.63, 3.8) is 0 Å². The third kappa shape index (κ3) is 2.52. The van der Waals surface area contributed by atoms with Gasteiger partial charge in [-0.3, -0.25) is 4.68 Å². The lowest BCUT2D eigenvalue weighted by atomic mass is 10.1. The lowest BCUT2D eigenvalue weighted by Crippen LogP contribution is -2.21. The summed E-state index contributed by atoms with van der Waals surface area (Å²) in [6.45, 7) is 6.16. The van der Waals surface area contributed by atoms with Gasteiger partial charge >= 0.3 is 0 Å². The van der Waals surface area contributed by atoms with Gasteiger partial charge in [0.1, 0.15) is 0 Å². The van der Waals surface area contributed by atoms with Gasteiger partial charge in [0.25, 0.3) is 0 Å². The zero-order valence-electron chi connectivity index (χ0n) is 9.85. The molecule has 0 aliphatic rings. The normalized spacial score (nSPS) is 11.8. The van der Waals surface area contributed by atoms with Crippen LogP contribution < -0.4 is 5.73 Å². The van der Waals surface area contributed by atoms with Crippen molar-refractivity contribution in [1.29, 1.82) is 0 Å². The summed E-state index contributed by atoms with van der Waals surface area (Å²) in [6.07, 6.45) is 3.53. The van der Waals surface area contributed by atoms with Crippen LogP contribution in [-0.4, -0.2) is 24.7 Å². The first-order valence-electron chi connectivity index (χ1n) is 5.09. The lowest BCUT2D eigenvalue weighted by molar-refractivity contribution is 0.355. The minimum atomic E-state index is -0.0966. The van der Waals surface area contributed by atoms with Gasteiger partial charge in [-0.05, 0) is 32.4 Å². The molecule has 2 aromatic rings. The molecule has 0 saturated heterocycles. The molecule has 0 aliphatic heterocycles. The Morgan fingerprint density at radius 2 is 1.94 bits per heavy atom. The Bertz CT molecular complexity index is 522. The SMILES string of the molecule is CC(C)(C)n1cc(-c2nc(N)nc(Cl)n2)cn1. The van der Waals surface area contributed by atoms with Crippen molar-refractivity contribution in [1.82, 2.24) is 24.7 Å². The fourth-order valence-electron chi connectivity index (χ4n) is 1.30. The zero-order chi connectivity index (χ0) is 12.6. The number of nitrogens with zero attached hydrogens (tertiary/aromatic N) is 5. The van der Waals surface area contributed by atoms with E-state index in [-0.39, 0.29) is 16.8 Å². The van der Waals surface area contributed by atoms with Crippen LogP contribution in [-0.2, 0) is 5.54 Å². The number of hydrogen-bond donors (Lipinski definition) is 1. The van der Waals surface area contributed by atoms with Crippen LogP contribution >= 0.6 is 11.6 Å². The van der Waals surface area contributed by atoms with Crippen molar-refractivity contribution in [3.8, 4) is 11.4 Å². The highest BCUT2D eigenvalue weighted by molar-refractivity contribution is 6.28. The van der Waals surface area contributed by atoms with Gasteiger partial charge in [0.2, 0.25) is 11.2 Å². The van der Waals surface area contributed by atoms with Crippen molar-refractivity contribution in [2.75, 3.05) is 5.73 Å². The second kappa shape index (κ2) is 3.96. The largest absolute Gasteiger partial charge is 0.368 e. The lowest BCUT2D eigenvalue weighted by Gasteiger charge is -2.18. The summed E-state index contributed by atoms with van der Waals surface area (Å²) in [6, 6.07) is 0. The maximum atomic E-state index is 5.73. The van der Waals surface area contributed by atoms with Crippen molar-refractivity contribution in [2.45, 2.75) is 26.3 Å².